The van der Waals surface area contributed by atoms with Crippen LogP contribution in [-0.4, -0.2) is 23.1 Å². The lowest BCUT2D eigenvalue weighted by atomic mass is 9.68. The molecule has 1 fully saturated rings. The molecule has 1 N–H and O–H groups in total. The summed E-state index contributed by atoms with van der Waals surface area (Å²) >= 11 is 0. The predicted octanol–water partition coefficient (Wildman–Crippen LogP) is 5.28. The van der Waals surface area contributed by atoms with Crippen molar-refractivity contribution in [3.8, 4) is 0 Å². The van der Waals surface area contributed by atoms with Gasteiger partial charge >= 0.3 is 11.9 Å². The number of ether oxygens (including phenoxy) is 1. The van der Waals surface area contributed by atoms with Crippen molar-refractivity contribution in [1.82, 2.24) is 0 Å². The van der Waals surface area contributed by atoms with E-state index in [9.17, 15) is 9.59 Å². The van der Waals surface area contributed by atoms with Crippen LogP contribution in [0.4, 0.5) is 0 Å². The highest BCUT2D eigenvalue weighted by Gasteiger charge is 2.32. The number of allylic oxidation sites excluding steroid dienone is 4. The first kappa shape index (κ1) is 20.7. The van der Waals surface area contributed by atoms with Gasteiger partial charge in [0.1, 0.15) is 6.10 Å². The largest absolute Gasteiger partial charge is 0.481 e. The highest BCUT2D eigenvalue weighted by Crippen LogP contribution is 2.42. The zero-order chi connectivity index (χ0) is 18.9. The zero-order valence-corrected chi connectivity index (χ0v) is 16.3. The minimum Gasteiger partial charge on any atom is -0.481 e. The number of esters is 1. The minimum absolute atomic E-state index is 0.0103. The molecule has 4 unspecified atom stereocenters. The van der Waals surface area contributed by atoms with Gasteiger partial charge in [-0.25, -0.2) is 0 Å². The Kier molecular flexibility index (Phi) is 8.40. The molecule has 2 aliphatic carbocycles. The zero-order valence-electron chi connectivity index (χ0n) is 16.3. The first-order chi connectivity index (χ1) is 12.5. The monoisotopic (exact) mass is 362 g/mol. The Morgan fingerprint density at radius 1 is 1.27 bits per heavy atom. The SMILES string of the molecule is CC1C=CC2=CCCCC2C1CCC1CCCC(=O)O1.CCCC(=O)O. The van der Waals surface area contributed by atoms with Gasteiger partial charge in [-0.05, 0) is 74.7 Å². The summed E-state index contributed by atoms with van der Waals surface area (Å²) in [5, 5.41) is 7.91. The van der Waals surface area contributed by atoms with Crippen molar-refractivity contribution in [3.05, 3.63) is 23.8 Å². The van der Waals surface area contributed by atoms with Gasteiger partial charge in [-0.15, -0.1) is 0 Å². The molecule has 4 nitrogen and oxygen atoms in total. The molecule has 4 heteroatoms. The van der Waals surface area contributed by atoms with Crippen molar-refractivity contribution in [3.63, 3.8) is 0 Å². The molecule has 146 valence electrons. The third-order valence-electron chi connectivity index (χ3n) is 5.80. The number of hydrogen-bond acceptors (Lipinski definition) is 3. The van der Waals surface area contributed by atoms with Gasteiger partial charge in [0, 0.05) is 12.8 Å². The van der Waals surface area contributed by atoms with E-state index in [1.54, 1.807) is 5.57 Å². The average molecular weight is 363 g/mol. The van der Waals surface area contributed by atoms with Crippen LogP contribution in [0.1, 0.15) is 78.1 Å². The molecule has 3 aliphatic rings. The van der Waals surface area contributed by atoms with Crippen molar-refractivity contribution in [2.45, 2.75) is 84.2 Å². The third-order valence-corrected chi connectivity index (χ3v) is 5.80. The lowest BCUT2D eigenvalue weighted by Gasteiger charge is -2.38. The number of carbonyl (C=O) groups is 2. The summed E-state index contributed by atoms with van der Waals surface area (Å²) in [5.41, 5.74) is 1.57. The van der Waals surface area contributed by atoms with Crippen LogP contribution >= 0.6 is 0 Å². The van der Waals surface area contributed by atoms with Gasteiger partial charge in [0.25, 0.3) is 0 Å². The summed E-state index contributed by atoms with van der Waals surface area (Å²) in [4.78, 5) is 21.0. The van der Waals surface area contributed by atoms with Gasteiger partial charge < -0.3 is 9.84 Å². The summed E-state index contributed by atoms with van der Waals surface area (Å²) in [6.07, 6.45) is 17.3. The smallest absolute Gasteiger partial charge is 0.306 e. The van der Waals surface area contributed by atoms with Crippen LogP contribution in [0.25, 0.3) is 0 Å². The van der Waals surface area contributed by atoms with Crippen molar-refractivity contribution in [1.29, 1.82) is 0 Å². The Balaban J connectivity index is 0.000000352. The van der Waals surface area contributed by atoms with E-state index in [1.165, 1.54) is 25.7 Å². The molecule has 0 radical (unpaired) electrons. The maximum absolute atomic E-state index is 11.4. The minimum atomic E-state index is -0.711. The molecule has 0 amide bonds. The second-order valence-electron chi connectivity index (χ2n) is 7.85. The summed E-state index contributed by atoms with van der Waals surface area (Å²) < 4.78 is 5.48. The van der Waals surface area contributed by atoms with Gasteiger partial charge in [0.05, 0.1) is 0 Å². The Morgan fingerprint density at radius 2 is 2.08 bits per heavy atom. The summed E-state index contributed by atoms with van der Waals surface area (Å²) in [5.74, 6) is 1.46. The first-order valence-electron chi connectivity index (χ1n) is 10.3. The summed E-state index contributed by atoms with van der Waals surface area (Å²) in [6.45, 7) is 4.19. The van der Waals surface area contributed by atoms with Gasteiger partial charge in [-0.3, -0.25) is 9.59 Å². The summed E-state index contributed by atoms with van der Waals surface area (Å²) in [7, 11) is 0. The molecular weight excluding hydrogens is 328 g/mol. The molecule has 0 saturated carbocycles. The van der Waals surface area contributed by atoms with Crippen molar-refractivity contribution < 1.29 is 19.4 Å². The molecule has 3 rings (SSSR count). The van der Waals surface area contributed by atoms with Crippen LogP contribution in [0.3, 0.4) is 0 Å². The van der Waals surface area contributed by atoms with Gasteiger partial charge in [0.2, 0.25) is 0 Å². The molecule has 1 heterocycles. The number of rotatable bonds is 5. The van der Waals surface area contributed by atoms with Crippen LogP contribution < -0.4 is 0 Å². The molecule has 0 aromatic rings. The number of fused-ring (bicyclic) bond motifs is 1. The second kappa shape index (κ2) is 10.5. The molecule has 1 saturated heterocycles. The Labute approximate surface area is 157 Å². The van der Waals surface area contributed by atoms with E-state index in [1.807, 2.05) is 6.92 Å². The lowest BCUT2D eigenvalue weighted by Crippen LogP contribution is -2.30. The van der Waals surface area contributed by atoms with Gasteiger partial charge in [-0.1, -0.05) is 32.1 Å². The Bertz CT molecular complexity index is 534. The highest BCUT2D eigenvalue weighted by atomic mass is 16.5. The fourth-order valence-corrected chi connectivity index (χ4v) is 4.39. The van der Waals surface area contributed by atoms with E-state index in [0.29, 0.717) is 18.8 Å². The number of aliphatic carboxylic acids is 1. The van der Waals surface area contributed by atoms with E-state index in [4.69, 9.17) is 9.84 Å². The van der Waals surface area contributed by atoms with Crippen molar-refractivity contribution >= 4 is 11.9 Å². The van der Waals surface area contributed by atoms with Crippen LogP contribution in [0, 0.1) is 17.8 Å². The topological polar surface area (TPSA) is 63.6 Å². The van der Waals surface area contributed by atoms with Crippen LogP contribution in [0.2, 0.25) is 0 Å². The number of hydrogen-bond donors (Lipinski definition) is 1. The van der Waals surface area contributed by atoms with E-state index in [0.717, 1.165) is 37.5 Å². The fourth-order valence-electron chi connectivity index (χ4n) is 4.39. The van der Waals surface area contributed by atoms with Crippen molar-refractivity contribution in [2.24, 2.45) is 17.8 Å². The maximum atomic E-state index is 11.4. The lowest BCUT2D eigenvalue weighted by molar-refractivity contribution is -0.154. The van der Waals surface area contributed by atoms with Gasteiger partial charge in [0.15, 0.2) is 0 Å². The van der Waals surface area contributed by atoms with Gasteiger partial charge in [-0.2, -0.15) is 0 Å². The normalized spacial score (nSPS) is 30.4. The highest BCUT2D eigenvalue weighted by molar-refractivity contribution is 5.70. The molecule has 0 bridgehead atoms. The fraction of sp³-hybridized carbons (Fsp3) is 0.727. The Morgan fingerprint density at radius 3 is 2.73 bits per heavy atom. The van der Waals surface area contributed by atoms with Crippen LogP contribution in [0.5, 0.6) is 0 Å². The van der Waals surface area contributed by atoms with Crippen LogP contribution in [0.15, 0.2) is 23.8 Å². The van der Waals surface area contributed by atoms with E-state index < -0.39 is 5.97 Å². The summed E-state index contributed by atoms with van der Waals surface area (Å²) in [6, 6.07) is 0. The second-order valence-corrected chi connectivity index (χ2v) is 7.85. The van der Waals surface area contributed by atoms with Crippen LogP contribution in [-0.2, 0) is 14.3 Å². The molecule has 0 aromatic heterocycles. The van der Waals surface area contributed by atoms with E-state index >= 15 is 0 Å². The predicted molar refractivity (Wildman–Crippen MR) is 103 cm³/mol. The number of carboxylic acid groups (broad SMARTS) is 1. The number of carbonyl (C=O) groups excluding carboxylic acids is 1. The molecule has 0 spiro atoms. The Hall–Kier alpha value is -1.58. The maximum Gasteiger partial charge on any atom is 0.306 e. The quantitative estimate of drug-likeness (QED) is 0.676. The first-order valence-corrected chi connectivity index (χ1v) is 10.3. The number of carboxylic acids is 1. The van der Waals surface area contributed by atoms with Crippen molar-refractivity contribution in [2.75, 3.05) is 0 Å². The molecule has 4 atom stereocenters. The molecule has 1 aliphatic heterocycles. The van der Waals surface area contributed by atoms with E-state index in [2.05, 4.69) is 25.2 Å². The standard InChI is InChI=1S/C18H26O2.C4H8O2/c1-13-9-10-14-5-2-3-7-17(14)16(13)12-11-15-6-4-8-18(19)20-15;1-2-3-4(5)6/h5,9-10,13,15-17H,2-4,6-8,11-12H2,1H3;2-3H2,1H3,(H,5,6). The molecule has 0 aromatic carbocycles. The average Bonchev–Trinajstić information content (AvgIpc) is 2.61. The molecular formula is C22H34O4. The third kappa shape index (κ3) is 6.30. The molecule has 26 heavy (non-hydrogen) atoms. The van der Waals surface area contributed by atoms with E-state index in [-0.39, 0.29) is 12.1 Å². The number of cyclic esters (lactones) is 1.